The molecule has 0 spiro atoms. The van der Waals surface area contributed by atoms with Crippen LogP contribution >= 0.6 is 0 Å². The Morgan fingerprint density at radius 3 is 2.79 bits per heavy atom. The fraction of sp³-hybridized carbons (Fsp3) is 0.692. The summed E-state index contributed by atoms with van der Waals surface area (Å²) in [5, 5.41) is 2.93. The quantitative estimate of drug-likeness (QED) is 0.835. The molecule has 2 atom stereocenters. The fourth-order valence-corrected chi connectivity index (χ4v) is 3.62. The summed E-state index contributed by atoms with van der Waals surface area (Å²) in [6.07, 6.45) is 3.49. The van der Waals surface area contributed by atoms with Gasteiger partial charge in [0, 0.05) is 6.54 Å². The van der Waals surface area contributed by atoms with Crippen molar-refractivity contribution in [2.75, 3.05) is 13.6 Å². The molecule has 0 bridgehead atoms. The predicted molar refractivity (Wildman–Crippen MR) is 73.2 cm³/mol. The maximum Gasteiger partial charge on any atom is 0.273 e. The van der Waals surface area contributed by atoms with E-state index in [0.29, 0.717) is 30.7 Å². The van der Waals surface area contributed by atoms with E-state index in [1.165, 1.54) is 18.9 Å². The van der Waals surface area contributed by atoms with Gasteiger partial charge in [-0.3, -0.25) is 0 Å². The highest BCUT2D eigenvalue weighted by Gasteiger charge is 2.26. The summed E-state index contributed by atoms with van der Waals surface area (Å²) in [7, 11) is -1.72. The molecule has 0 amide bonds. The number of sulfonamides is 1. The van der Waals surface area contributed by atoms with Gasteiger partial charge in [0.05, 0.1) is 6.54 Å². The second-order valence-corrected chi connectivity index (χ2v) is 6.97. The van der Waals surface area contributed by atoms with Crippen LogP contribution in [0.4, 0.5) is 0 Å². The van der Waals surface area contributed by atoms with Crippen LogP contribution in [-0.2, 0) is 16.6 Å². The zero-order chi connectivity index (χ0) is 13.9. The van der Waals surface area contributed by atoms with E-state index in [4.69, 9.17) is 4.42 Å². The van der Waals surface area contributed by atoms with Gasteiger partial charge in [-0.15, -0.1) is 0 Å². The molecule has 0 saturated heterocycles. The van der Waals surface area contributed by atoms with Gasteiger partial charge in [0.15, 0.2) is 0 Å². The zero-order valence-corrected chi connectivity index (χ0v) is 12.3. The molecule has 1 saturated carbocycles. The average Bonchev–Trinajstić information content (AvgIpc) is 2.97. The van der Waals surface area contributed by atoms with Crippen LogP contribution in [0.2, 0.25) is 0 Å². The van der Waals surface area contributed by atoms with Gasteiger partial charge in [-0.25, -0.2) is 13.1 Å². The number of furan rings is 1. The Morgan fingerprint density at radius 2 is 2.16 bits per heavy atom. The Morgan fingerprint density at radius 1 is 1.37 bits per heavy atom. The summed E-state index contributed by atoms with van der Waals surface area (Å²) in [6.45, 7) is 3.21. The third-order valence-electron chi connectivity index (χ3n) is 3.83. The van der Waals surface area contributed by atoms with Gasteiger partial charge < -0.3 is 9.73 Å². The highest BCUT2D eigenvalue weighted by atomic mass is 32.2. The Balaban J connectivity index is 1.97. The summed E-state index contributed by atoms with van der Waals surface area (Å²) in [5.41, 5.74) is 0. The van der Waals surface area contributed by atoms with E-state index in [9.17, 15) is 8.42 Å². The molecule has 1 aromatic rings. The molecule has 1 fully saturated rings. The van der Waals surface area contributed by atoms with Gasteiger partial charge in [0.25, 0.3) is 10.0 Å². The zero-order valence-electron chi connectivity index (χ0n) is 11.5. The van der Waals surface area contributed by atoms with Gasteiger partial charge in [0.1, 0.15) is 5.76 Å². The van der Waals surface area contributed by atoms with E-state index in [2.05, 4.69) is 17.0 Å². The molecule has 1 aliphatic rings. The lowest BCUT2D eigenvalue weighted by Gasteiger charge is -2.15. The molecule has 0 radical (unpaired) electrons. The third-order valence-corrected chi connectivity index (χ3v) is 5.12. The molecule has 1 aromatic heterocycles. The lowest BCUT2D eigenvalue weighted by molar-refractivity contribution is 0.392. The van der Waals surface area contributed by atoms with Crippen LogP contribution in [0.15, 0.2) is 21.6 Å². The molecule has 5 nitrogen and oxygen atoms in total. The number of rotatable bonds is 6. The standard InChI is InChI=1S/C13H22N2O3S/c1-10-4-3-5-11(10)8-15-19(16,17)13-7-6-12(18-13)9-14-2/h6-7,10-11,14-15H,3-5,8-9H2,1-2H3. The van der Waals surface area contributed by atoms with Crippen LogP contribution in [0.3, 0.4) is 0 Å². The van der Waals surface area contributed by atoms with Gasteiger partial charge in [-0.1, -0.05) is 19.8 Å². The van der Waals surface area contributed by atoms with Crippen LogP contribution in [-0.4, -0.2) is 22.0 Å². The largest absolute Gasteiger partial charge is 0.447 e. The second kappa shape index (κ2) is 6.07. The van der Waals surface area contributed by atoms with Crippen LogP contribution < -0.4 is 10.0 Å². The smallest absolute Gasteiger partial charge is 0.273 e. The van der Waals surface area contributed by atoms with E-state index < -0.39 is 10.0 Å². The Bertz CT molecular complexity index is 510. The molecule has 2 unspecified atom stereocenters. The van der Waals surface area contributed by atoms with E-state index >= 15 is 0 Å². The highest BCUT2D eigenvalue weighted by molar-refractivity contribution is 7.89. The molecule has 1 aliphatic carbocycles. The van der Waals surface area contributed by atoms with Gasteiger partial charge in [-0.05, 0) is 37.4 Å². The first-order chi connectivity index (χ1) is 9.03. The monoisotopic (exact) mass is 286 g/mol. The van der Waals surface area contributed by atoms with E-state index in [1.807, 2.05) is 0 Å². The fourth-order valence-electron chi connectivity index (χ4n) is 2.59. The van der Waals surface area contributed by atoms with Crippen molar-refractivity contribution in [2.24, 2.45) is 11.8 Å². The van der Waals surface area contributed by atoms with Crippen LogP contribution in [0.5, 0.6) is 0 Å². The summed E-state index contributed by atoms with van der Waals surface area (Å²) >= 11 is 0. The topological polar surface area (TPSA) is 71.3 Å². The van der Waals surface area contributed by atoms with Gasteiger partial charge in [0.2, 0.25) is 5.09 Å². The normalized spacial score (nSPS) is 23.9. The lowest BCUT2D eigenvalue weighted by Crippen LogP contribution is -2.30. The molecule has 2 rings (SSSR count). The molecule has 108 valence electrons. The molecule has 6 heteroatoms. The Labute approximate surface area is 114 Å². The van der Waals surface area contributed by atoms with Crippen molar-refractivity contribution in [1.29, 1.82) is 0 Å². The van der Waals surface area contributed by atoms with Crippen LogP contribution in [0.25, 0.3) is 0 Å². The van der Waals surface area contributed by atoms with Crippen molar-refractivity contribution in [3.05, 3.63) is 17.9 Å². The second-order valence-electron chi connectivity index (χ2n) is 5.27. The molecule has 1 heterocycles. The Hall–Kier alpha value is -0.850. The molecule has 0 aromatic carbocycles. The summed E-state index contributed by atoms with van der Waals surface area (Å²) in [4.78, 5) is 0. The van der Waals surface area contributed by atoms with Crippen molar-refractivity contribution in [1.82, 2.24) is 10.0 Å². The van der Waals surface area contributed by atoms with E-state index in [-0.39, 0.29) is 5.09 Å². The third kappa shape index (κ3) is 3.58. The van der Waals surface area contributed by atoms with Gasteiger partial charge >= 0.3 is 0 Å². The molecular weight excluding hydrogens is 264 g/mol. The minimum atomic E-state index is -3.51. The molecular formula is C13H22N2O3S. The molecule has 2 N–H and O–H groups in total. The number of hydrogen-bond acceptors (Lipinski definition) is 4. The maximum atomic E-state index is 12.1. The summed E-state index contributed by atoms with van der Waals surface area (Å²) in [5.74, 6) is 1.66. The number of nitrogens with one attached hydrogen (secondary N) is 2. The average molecular weight is 286 g/mol. The minimum absolute atomic E-state index is 0.00315. The minimum Gasteiger partial charge on any atom is -0.447 e. The van der Waals surface area contributed by atoms with Crippen molar-refractivity contribution >= 4 is 10.0 Å². The van der Waals surface area contributed by atoms with Crippen molar-refractivity contribution in [3.63, 3.8) is 0 Å². The maximum absolute atomic E-state index is 12.1. The first-order valence-corrected chi connectivity index (χ1v) is 8.24. The number of hydrogen-bond donors (Lipinski definition) is 2. The predicted octanol–water partition coefficient (Wildman–Crippen LogP) is 1.71. The molecule has 19 heavy (non-hydrogen) atoms. The van der Waals surface area contributed by atoms with Crippen molar-refractivity contribution in [2.45, 2.75) is 37.8 Å². The summed E-state index contributed by atoms with van der Waals surface area (Å²) < 4.78 is 32.2. The summed E-state index contributed by atoms with van der Waals surface area (Å²) in [6, 6.07) is 3.19. The first-order valence-electron chi connectivity index (χ1n) is 6.76. The SMILES string of the molecule is CNCc1ccc(S(=O)(=O)NCC2CCCC2C)o1. The Kier molecular flexibility index (Phi) is 4.65. The highest BCUT2D eigenvalue weighted by Crippen LogP contribution is 2.30. The van der Waals surface area contributed by atoms with Crippen LogP contribution in [0.1, 0.15) is 31.9 Å². The molecule has 0 aliphatic heterocycles. The lowest BCUT2D eigenvalue weighted by atomic mass is 9.99. The van der Waals surface area contributed by atoms with E-state index in [0.717, 1.165) is 6.42 Å². The van der Waals surface area contributed by atoms with Crippen molar-refractivity contribution in [3.8, 4) is 0 Å². The first kappa shape index (κ1) is 14.6. The van der Waals surface area contributed by atoms with Crippen molar-refractivity contribution < 1.29 is 12.8 Å². The van der Waals surface area contributed by atoms with E-state index in [1.54, 1.807) is 13.1 Å². The van der Waals surface area contributed by atoms with Gasteiger partial charge in [-0.2, -0.15) is 0 Å². The van der Waals surface area contributed by atoms with Crippen LogP contribution in [0, 0.1) is 11.8 Å².